The summed E-state index contributed by atoms with van der Waals surface area (Å²) in [6.45, 7) is 4.13. The number of nitrogens with one attached hydrogen (secondary N) is 3. The van der Waals surface area contributed by atoms with Crippen molar-refractivity contribution in [1.82, 2.24) is 20.3 Å². The Hall–Kier alpha value is -2.81. The zero-order valence-electron chi connectivity index (χ0n) is 16.1. The van der Waals surface area contributed by atoms with E-state index in [2.05, 4.69) is 46.4 Å². The second kappa shape index (κ2) is 8.28. The third-order valence-electron chi connectivity index (χ3n) is 5.26. The third kappa shape index (κ3) is 4.14. The van der Waals surface area contributed by atoms with Gasteiger partial charge in [0.1, 0.15) is 5.65 Å². The van der Waals surface area contributed by atoms with Crippen molar-refractivity contribution in [2.45, 2.75) is 32.4 Å². The summed E-state index contributed by atoms with van der Waals surface area (Å²) in [5, 5.41) is 16.2. The maximum atomic E-state index is 11.1. The van der Waals surface area contributed by atoms with Gasteiger partial charge in [0.2, 0.25) is 0 Å². The summed E-state index contributed by atoms with van der Waals surface area (Å²) < 4.78 is 0.887. The Morgan fingerprint density at radius 3 is 3.10 bits per heavy atom. The molecule has 1 aliphatic heterocycles. The SMILES string of the molecule is Cc1cccnc1CNc1c[nH]c2ncc(Br)c(N3CCCC(NC(=O)O)C3)c12. The Labute approximate surface area is 176 Å². The van der Waals surface area contributed by atoms with Gasteiger partial charge >= 0.3 is 6.09 Å². The van der Waals surface area contributed by atoms with Crippen molar-refractivity contribution in [3.63, 3.8) is 0 Å². The summed E-state index contributed by atoms with van der Waals surface area (Å²) in [6.07, 6.45) is 6.28. The van der Waals surface area contributed by atoms with Gasteiger partial charge in [-0.25, -0.2) is 9.78 Å². The molecule has 4 heterocycles. The van der Waals surface area contributed by atoms with Crippen LogP contribution in [-0.4, -0.2) is 45.3 Å². The van der Waals surface area contributed by atoms with Crippen LogP contribution in [0.25, 0.3) is 11.0 Å². The third-order valence-corrected chi connectivity index (χ3v) is 5.84. The van der Waals surface area contributed by atoms with Crippen LogP contribution in [-0.2, 0) is 6.54 Å². The van der Waals surface area contributed by atoms with Crippen LogP contribution in [0.5, 0.6) is 0 Å². The van der Waals surface area contributed by atoms with E-state index < -0.39 is 6.09 Å². The number of piperidine rings is 1. The number of nitrogens with zero attached hydrogens (tertiary/aromatic N) is 3. The van der Waals surface area contributed by atoms with Crippen LogP contribution in [0.2, 0.25) is 0 Å². The lowest BCUT2D eigenvalue weighted by atomic mass is 10.0. The molecule has 29 heavy (non-hydrogen) atoms. The van der Waals surface area contributed by atoms with Gasteiger partial charge in [-0.05, 0) is 47.3 Å². The molecule has 0 spiro atoms. The molecule has 0 radical (unpaired) electrons. The number of halogens is 1. The number of aromatic nitrogens is 3. The van der Waals surface area contributed by atoms with Gasteiger partial charge in [0.15, 0.2) is 0 Å². The molecule has 0 aromatic carbocycles. The lowest BCUT2D eigenvalue weighted by Crippen LogP contribution is -2.47. The van der Waals surface area contributed by atoms with Crippen molar-refractivity contribution in [3.05, 3.63) is 46.5 Å². The zero-order chi connectivity index (χ0) is 20.4. The van der Waals surface area contributed by atoms with Crippen LogP contribution < -0.4 is 15.5 Å². The molecular weight excluding hydrogens is 436 g/mol. The molecule has 1 fully saturated rings. The molecule has 0 aliphatic carbocycles. The number of hydrogen-bond acceptors (Lipinski definition) is 5. The van der Waals surface area contributed by atoms with Crippen LogP contribution in [0.1, 0.15) is 24.1 Å². The number of H-pyrrole nitrogens is 1. The fourth-order valence-electron chi connectivity index (χ4n) is 3.86. The summed E-state index contributed by atoms with van der Waals surface area (Å²) in [5.41, 5.74) is 4.89. The van der Waals surface area contributed by atoms with E-state index >= 15 is 0 Å². The Kier molecular flexibility index (Phi) is 5.57. The smallest absolute Gasteiger partial charge is 0.404 e. The van der Waals surface area contributed by atoms with Crippen LogP contribution in [0, 0.1) is 6.92 Å². The van der Waals surface area contributed by atoms with E-state index in [0.29, 0.717) is 13.1 Å². The Bertz CT molecular complexity index is 1040. The molecule has 0 saturated carbocycles. The molecule has 8 nitrogen and oxygen atoms in total. The number of fused-ring (bicyclic) bond motifs is 1. The first kappa shape index (κ1) is 19.5. The molecule has 3 aromatic heterocycles. The average Bonchev–Trinajstić information content (AvgIpc) is 3.10. The van der Waals surface area contributed by atoms with E-state index in [9.17, 15) is 4.79 Å². The molecule has 1 atom stereocenters. The van der Waals surface area contributed by atoms with Crippen molar-refractivity contribution in [2.24, 2.45) is 0 Å². The normalized spacial score (nSPS) is 16.8. The van der Waals surface area contributed by atoms with E-state index in [4.69, 9.17) is 5.11 Å². The summed E-state index contributed by atoms with van der Waals surface area (Å²) in [4.78, 5) is 25.5. The summed E-state index contributed by atoms with van der Waals surface area (Å²) in [7, 11) is 0. The molecule has 1 amide bonds. The minimum atomic E-state index is -0.981. The minimum absolute atomic E-state index is 0.0946. The largest absolute Gasteiger partial charge is 0.465 e. The Morgan fingerprint density at radius 1 is 1.45 bits per heavy atom. The fraction of sp³-hybridized carbons (Fsp3) is 0.350. The number of anilines is 2. The molecule has 4 N–H and O–H groups in total. The molecule has 1 saturated heterocycles. The van der Waals surface area contributed by atoms with Gasteiger partial charge in [-0.15, -0.1) is 0 Å². The number of carboxylic acid groups (broad SMARTS) is 1. The van der Waals surface area contributed by atoms with Crippen molar-refractivity contribution in [1.29, 1.82) is 0 Å². The maximum absolute atomic E-state index is 11.1. The first-order valence-electron chi connectivity index (χ1n) is 9.57. The second-order valence-electron chi connectivity index (χ2n) is 7.24. The highest BCUT2D eigenvalue weighted by atomic mass is 79.9. The first-order chi connectivity index (χ1) is 14.0. The van der Waals surface area contributed by atoms with Gasteiger partial charge < -0.3 is 25.6 Å². The van der Waals surface area contributed by atoms with Crippen LogP contribution in [0.4, 0.5) is 16.2 Å². The summed E-state index contributed by atoms with van der Waals surface area (Å²) in [6, 6.07) is 3.89. The van der Waals surface area contributed by atoms with E-state index in [1.54, 1.807) is 12.4 Å². The van der Waals surface area contributed by atoms with E-state index in [-0.39, 0.29) is 6.04 Å². The second-order valence-corrected chi connectivity index (χ2v) is 8.09. The van der Waals surface area contributed by atoms with Gasteiger partial charge in [-0.1, -0.05) is 6.07 Å². The van der Waals surface area contributed by atoms with Gasteiger partial charge in [-0.3, -0.25) is 4.98 Å². The number of pyridine rings is 2. The molecule has 1 unspecified atom stereocenters. The van der Waals surface area contributed by atoms with Gasteiger partial charge in [0, 0.05) is 37.7 Å². The predicted molar refractivity (Wildman–Crippen MR) is 116 cm³/mol. The standard InChI is InChI=1S/C20H23BrN6O2/c1-12-4-2-6-22-15(12)9-23-16-10-25-19-17(16)18(14(21)8-24-19)27-7-3-5-13(11-27)26-20(28)29/h2,4,6,8,10,13,23,26H,3,5,7,9,11H2,1H3,(H,24,25)(H,28,29). The molecule has 3 aromatic rings. The monoisotopic (exact) mass is 458 g/mol. The van der Waals surface area contributed by atoms with Crippen molar-refractivity contribution >= 4 is 44.4 Å². The molecule has 4 rings (SSSR count). The topological polar surface area (TPSA) is 106 Å². The first-order valence-corrected chi connectivity index (χ1v) is 10.4. The molecule has 1 aliphatic rings. The lowest BCUT2D eigenvalue weighted by Gasteiger charge is -2.35. The Morgan fingerprint density at radius 2 is 2.31 bits per heavy atom. The van der Waals surface area contributed by atoms with Gasteiger partial charge in [0.05, 0.1) is 33.5 Å². The number of hydrogen-bond donors (Lipinski definition) is 4. The molecule has 0 bridgehead atoms. The highest BCUT2D eigenvalue weighted by Gasteiger charge is 2.26. The maximum Gasteiger partial charge on any atom is 0.404 e. The zero-order valence-corrected chi connectivity index (χ0v) is 17.7. The van der Waals surface area contributed by atoms with Crippen molar-refractivity contribution in [3.8, 4) is 0 Å². The fourth-order valence-corrected chi connectivity index (χ4v) is 4.41. The van der Waals surface area contributed by atoms with Crippen molar-refractivity contribution < 1.29 is 9.90 Å². The Balaban J connectivity index is 1.65. The molecular formula is C20H23BrN6O2. The predicted octanol–water partition coefficient (Wildman–Crippen LogP) is 3.88. The highest BCUT2D eigenvalue weighted by molar-refractivity contribution is 9.10. The lowest BCUT2D eigenvalue weighted by molar-refractivity contribution is 0.188. The highest BCUT2D eigenvalue weighted by Crippen LogP contribution is 2.39. The van der Waals surface area contributed by atoms with E-state index in [1.807, 2.05) is 25.3 Å². The van der Waals surface area contributed by atoms with E-state index in [0.717, 1.165) is 57.5 Å². The minimum Gasteiger partial charge on any atom is -0.465 e. The van der Waals surface area contributed by atoms with E-state index in [1.165, 1.54) is 0 Å². The van der Waals surface area contributed by atoms with Crippen LogP contribution >= 0.6 is 15.9 Å². The van der Waals surface area contributed by atoms with Crippen molar-refractivity contribution in [2.75, 3.05) is 23.3 Å². The summed E-state index contributed by atoms with van der Waals surface area (Å²) in [5.74, 6) is 0. The number of amides is 1. The number of carbonyl (C=O) groups is 1. The summed E-state index contributed by atoms with van der Waals surface area (Å²) >= 11 is 3.66. The molecule has 9 heteroatoms. The number of aromatic amines is 1. The van der Waals surface area contributed by atoms with Gasteiger partial charge in [-0.2, -0.15) is 0 Å². The van der Waals surface area contributed by atoms with Crippen LogP contribution in [0.3, 0.4) is 0 Å². The quantitative estimate of drug-likeness (QED) is 0.462. The molecule has 152 valence electrons. The number of aryl methyl sites for hydroxylation is 1. The average molecular weight is 459 g/mol. The van der Waals surface area contributed by atoms with Crippen LogP contribution in [0.15, 0.2) is 35.2 Å². The van der Waals surface area contributed by atoms with Gasteiger partial charge in [0.25, 0.3) is 0 Å². The number of rotatable bonds is 5.